The third-order valence-electron chi connectivity index (χ3n) is 1.23. The van der Waals surface area contributed by atoms with E-state index >= 15 is 0 Å². The van der Waals surface area contributed by atoms with Crippen LogP contribution < -0.4 is 11.1 Å². The Morgan fingerprint density at radius 1 is 1.50 bits per heavy atom. The number of nitrogens with two attached hydrogens (primary N) is 1. The summed E-state index contributed by atoms with van der Waals surface area (Å²) in [7, 11) is 0. The minimum atomic E-state index is -0.729. The van der Waals surface area contributed by atoms with Crippen LogP contribution in [0, 0.1) is 0 Å². The number of primary amides is 1. The Hall–Kier alpha value is -1.65. The Kier molecular flexibility index (Phi) is 4.36. The summed E-state index contributed by atoms with van der Waals surface area (Å²) >= 11 is 0. The number of Topliss-reactive ketones (excluding diaryl/α,β-unsaturated/α-hetero) is 1. The van der Waals surface area contributed by atoms with Crippen molar-refractivity contribution in [2.24, 2.45) is 5.73 Å². The molecule has 0 unspecified atom stereocenters. The predicted molar refractivity (Wildman–Crippen MR) is 42.4 cm³/mol. The molecule has 66 valence electrons. The first-order chi connectivity index (χ1) is 5.61. The van der Waals surface area contributed by atoms with Crippen LogP contribution in [-0.4, -0.2) is 24.6 Å². The summed E-state index contributed by atoms with van der Waals surface area (Å²) in [6.07, 6.45) is 1.64. The maximum Gasteiger partial charge on any atom is 0.312 e. The molecule has 0 aliphatic rings. The second-order valence-electron chi connectivity index (χ2n) is 2.01. The second-order valence-corrected chi connectivity index (χ2v) is 2.01. The number of nitrogens with one attached hydrogen (secondary N) is 1. The van der Waals surface area contributed by atoms with Gasteiger partial charge in [-0.05, 0) is 6.92 Å². The lowest BCUT2D eigenvalue weighted by Gasteiger charge is -2.01. The minimum Gasteiger partial charge on any atom is -0.352 e. The summed E-state index contributed by atoms with van der Waals surface area (Å²) in [5.41, 5.74) is 4.99. The van der Waals surface area contributed by atoms with Crippen LogP contribution in [0.5, 0.6) is 0 Å². The molecule has 12 heavy (non-hydrogen) atoms. The van der Waals surface area contributed by atoms with Gasteiger partial charge in [-0.15, -0.1) is 0 Å². The number of ketones is 1. The molecule has 0 saturated carbocycles. The third-order valence-corrected chi connectivity index (χ3v) is 1.23. The number of amides is 2. The van der Waals surface area contributed by atoms with Crippen LogP contribution in [-0.2, 0) is 9.59 Å². The van der Waals surface area contributed by atoms with Crippen molar-refractivity contribution in [3.8, 4) is 0 Å². The van der Waals surface area contributed by atoms with Crippen molar-refractivity contribution < 1.29 is 14.4 Å². The zero-order valence-corrected chi connectivity index (χ0v) is 6.66. The summed E-state index contributed by atoms with van der Waals surface area (Å²) in [6.45, 7) is 1.59. The van der Waals surface area contributed by atoms with Crippen LogP contribution in [0.2, 0.25) is 0 Å². The molecule has 0 aromatic rings. The maximum absolute atomic E-state index is 10.7. The summed E-state index contributed by atoms with van der Waals surface area (Å²) in [4.78, 5) is 31.0. The Morgan fingerprint density at radius 3 is 2.42 bits per heavy atom. The molecule has 0 radical (unpaired) electrons. The van der Waals surface area contributed by atoms with Gasteiger partial charge in [0.2, 0.25) is 5.78 Å². The highest BCUT2D eigenvalue weighted by Crippen LogP contribution is 1.91. The first-order valence-electron chi connectivity index (χ1n) is 3.29. The zero-order valence-electron chi connectivity index (χ0n) is 6.66. The molecule has 0 atom stereocenters. The topological polar surface area (TPSA) is 89.3 Å². The molecular weight excluding hydrogens is 160 g/mol. The minimum absolute atomic E-state index is 0.0105. The van der Waals surface area contributed by atoms with E-state index in [4.69, 9.17) is 5.73 Å². The fourth-order valence-electron chi connectivity index (χ4n) is 0.589. The molecule has 0 spiro atoms. The highest BCUT2D eigenvalue weighted by Gasteiger charge is 2.06. The average Bonchev–Trinajstić information content (AvgIpc) is 2.04. The lowest BCUT2D eigenvalue weighted by atomic mass is 10.2. The molecule has 0 saturated heterocycles. The van der Waals surface area contributed by atoms with Crippen LogP contribution in [0.1, 0.15) is 6.92 Å². The molecular formula is C7H10N2O3. The Bertz CT molecular complexity index is 233. The van der Waals surface area contributed by atoms with Crippen LogP contribution in [0.4, 0.5) is 4.79 Å². The molecule has 0 aliphatic carbocycles. The van der Waals surface area contributed by atoms with Crippen molar-refractivity contribution in [2.75, 3.05) is 6.54 Å². The van der Waals surface area contributed by atoms with E-state index in [1.807, 2.05) is 0 Å². The average molecular weight is 170 g/mol. The predicted octanol–water partition coefficient (Wildman–Crippen LogP) is -0.631. The van der Waals surface area contributed by atoms with Crippen LogP contribution in [0.15, 0.2) is 11.6 Å². The van der Waals surface area contributed by atoms with Crippen molar-refractivity contribution in [3.05, 3.63) is 11.6 Å². The lowest BCUT2D eigenvalue weighted by Crippen LogP contribution is -2.32. The first kappa shape index (κ1) is 10.3. The van der Waals surface area contributed by atoms with Gasteiger partial charge in [0.15, 0.2) is 6.29 Å². The first-order valence-corrected chi connectivity index (χ1v) is 3.29. The number of hydrogen-bond donors (Lipinski definition) is 2. The fraction of sp³-hybridized carbons (Fsp3) is 0.286. The normalized spacial score (nSPS) is 10.6. The molecule has 0 bridgehead atoms. The van der Waals surface area contributed by atoms with E-state index in [1.54, 1.807) is 6.92 Å². The van der Waals surface area contributed by atoms with Crippen molar-refractivity contribution in [2.45, 2.75) is 6.92 Å². The van der Waals surface area contributed by atoms with Gasteiger partial charge < -0.3 is 11.1 Å². The standard InChI is InChI=1S/C7H10N2O3/c1-2-5(6(11)4-10)3-9-7(8)12/h2,4H,3H2,1H3,(H3,8,9,12). The molecule has 2 amide bonds. The number of carbonyl (C=O) groups is 3. The summed E-state index contributed by atoms with van der Waals surface area (Å²) in [5, 5.41) is 2.20. The van der Waals surface area contributed by atoms with Crippen LogP contribution >= 0.6 is 0 Å². The van der Waals surface area contributed by atoms with Crippen molar-refractivity contribution in [3.63, 3.8) is 0 Å². The summed E-state index contributed by atoms with van der Waals surface area (Å²) < 4.78 is 0. The third kappa shape index (κ3) is 3.50. The van der Waals surface area contributed by atoms with Crippen molar-refractivity contribution >= 4 is 18.1 Å². The van der Waals surface area contributed by atoms with Crippen molar-refractivity contribution in [1.82, 2.24) is 5.32 Å². The van der Waals surface area contributed by atoms with Gasteiger partial charge in [-0.1, -0.05) is 6.08 Å². The molecule has 5 heteroatoms. The second kappa shape index (κ2) is 5.06. The van der Waals surface area contributed by atoms with Gasteiger partial charge >= 0.3 is 6.03 Å². The van der Waals surface area contributed by atoms with Gasteiger partial charge in [0.25, 0.3) is 0 Å². The number of urea groups is 1. The fourth-order valence-corrected chi connectivity index (χ4v) is 0.589. The van der Waals surface area contributed by atoms with Gasteiger partial charge in [-0.25, -0.2) is 4.79 Å². The summed E-state index contributed by atoms with van der Waals surface area (Å²) in [6, 6.07) is -0.729. The molecule has 0 heterocycles. The molecule has 0 aromatic carbocycles. The Morgan fingerprint density at radius 2 is 2.08 bits per heavy atom. The quantitative estimate of drug-likeness (QED) is 0.334. The van der Waals surface area contributed by atoms with Crippen molar-refractivity contribution in [1.29, 1.82) is 0 Å². The van der Waals surface area contributed by atoms with Gasteiger partial charge in [0, 0.05) is 12.1 Å². The van der Waals surface area contributed by atoms with Gasteiger partial charge in [0.1, 0.15) is 0 Å². The number of carbonyl (C=O) groups excluding carboxylic acids is 3. The van der Waals surface area contributed by atoms with E-state index in [0.29, 0.717) is 0 Å². The van der Waals surface area contributed by atoms with Crippen LogP contribution in [0.25, 0.3) is 0 Å². The molecule has 0 aliphatic heterocycles. The Labute approximate surface area is 69.6 Å². The molecule has 5 nitrogen and oxygen atoms in total. The van der Waals surface area contributed by atoms with E-state index < -0.39 is 11.8 Å². The van der Waals surface area contributed by atoms with E-state index in [0.717, 1.165) is 0 Å². The number of allylic oxidation sites excluding steroid dienone is 1. The summed E-state index contributed by atoms with van der Waals surface area (Å²) in [5.74, 6) is -0.647. The van der Waals surface area contributed by atoms with Gasteiger partial charge in [0.05, 0.1) is 0 Å². The van der Waals surface area contributed by atoms with E-state index in [2.05, 4.69) is 5.32 Å². The zero-order chi connectivity index (χ0) is 9.56. The number of aldehydes is 1. The van der Waals surface area contributed by atoms with Crippen LogP contribution in [0.3, 0.4) is 0 Å². The van der Waals surface area contributed by atoms with E-state index in [9.17, 15) is 14.4 Å². The molecule has 0 fully saturated rings. The smallest absolute Gasteiger partial charge is 0.312 e. The molecule has 0 rings (SSSR count). The Balaban J connectivity index is 4.11. The maximum atomic E-state index is 10.7. The van der Waals surface area contributed by atoms with E-state index in [1.165, 1.54) is 6.08 Å². The number of hydrogen-bond acceptors (Lipinski definition) is 3. The highest BCUT2D eigenvalue weighted by atomic mass is 16.2. The monoisotopic (exact) mass is 170 g/mol. The molecule has 3 N–H and O–H groups in total. The highest BCUT2D eigenvalue weighted by molar-refractivity contribution is 6.33. The molecule has 0 aromatic heterocycles. The van der Waals surface area contributed by atoms with Gasteiger partial charge in [-0.2, -0.15) is 0 Å². The lowest BCUT2D eigenvalue weighted by molar-refractivity contribution is -0.127. The van der Waals surface area contributed by atoms with E-state index in [-0.39, 0.29) is 18.4 Å². The number of rotatable bonds is 4. The van der Waals surface area contributed by atoms with Gasteiger partial charge in [-0.3, -0.25) is 9.59 Å². The SMILES string of the molecule is CC=C(CNC(N)=O)C(=O)C=O. The largest absolute Gasteiger partial charge is 0.352 e.